The number of rotatable bonds is 3. The summed E-state index contributed by atoms with van der Waals surface area (Å²) < 4.78 is 7.20. The number of likely N-dealkylation sites (N-methyl/N-ethyl adjacent to an activating group) is 1. The number of carbonyl (C=O) groups excluding carboxylic acids is 3. The second kappa shape index (κ2) is 14.0. The Labute approximate surface area is 258 Å². The van der Waals surface area contributed by atoms with Gasteiger partial charge in [0.15, 0.2) is 0 Å². The van der Waals surface area contributed by atoms with Gasteiger partial charge in [-0.3, -0.25) is 14.4 Å². The number of nitrogens with zero attached hydrogens (tertiary/aromatic N) is 1. The van der Waals surface area contributed by atoms with E-state index in [9.17, 15) is 19.5 Å². The number of hydrogen-bond donors (Lipinski definition) is 4. The molecule has 4 rings (SSSR count). The van der Waals surface area contributed by atoms with Crippen LogP contribution in [-0.4, -0.2) is 72.1 Å². The molecule has 4 N–H and O–H groups in total. The van der Waals surface area contributed by atoms with Crippen LogP contribution in [0.4, 0.5) is 0 Å². The van der Waals surface area contributed by atoms with Gasteiger partial charge in [0.1, 0.15) is 29.7 Å². The molecule has 3 amide bonds. The molecular weight excluding hydrogens is 656 g/mol. The lowest BCUT2D eigenvalue weighted by atomic mass is 10.0. The molecule has 1 heterocycles. The molecule has 2 aromatic rings. The number of phenolic OH excluding ortho intramolecular Hbond substituents is 1. The third kappa shape index (κ3) is 8.23. The summed E-state index contributed by atoms with van der Waals surface area (Å²) in [5.41, 5.74) is 1.78. The van der Waals surface area contributed by atoms with E-state index in [-0.39, 0.29) is 36.0 Å². The van der Waals surface area contributed by atoms with Crippen LogP contribution >= 0.6 is 31.9 Å². The van der Waals surface area contributed by atoms with Crippen molar-refractivity contribution in [3.05, 3.63) is 56.5 Å². The maximum Gasteiger partial charge on any atom is 0.243 e. The summed E-state index contributed by atoms with van der Waals surface area (Å²) in [6, 6.07) is 9.21. The largest absolute Gasteiger partial charge is 0.506 e. The van der Waals surface area contributed by atoms with Gasteiger partial charge in [0, 0.05) is 26.6 Å². The number of phenols is 1. The highest BCUT2D eigenvalue weighted by atomic mass is 79.9. The van der Waals surface area contributed by atoms with Gasteiger partial charge in [-0.25, -0.2) is 0 Å². The van der Waals surface area contributed by atoms with Crippen molar-refractivity contribution in [2.45, 2.75) is 70.2 Å². The van der Waals surface area contributed by atoms with E-state index in [1.165, 1.54) is 4.90 Å². The minimum atomic E-state index is -0.885. The first kappa shape index (κ1) is 31.3. The summed E-state index contributed by atoms with van der Waals surface area (Å²) in [5, 5.41) is 19.4. The summed E-state index contributed by atoms with van der Waals surface area (Å²) in [6.07, 6.45) is 3.32. The highest BCUT2D eigenvalue weighted by Crippen LogP contribution is 2.34. The molecule has 9 nitrogen and oxygen atoms in total. The van der Waals surface area contributed by atoms with Crippen molar-refractivity contribution in [3.63, 3.8) is 0 Å². The van der Waals surface area contributed by atoms with Crippen LogP contribution in [0.15, 0.2) is 45.3 Å². The molecule has 1 fully saturated rings. The predicted octanol–water partition coefficient (Wildman–Crippen LogP) is 3.69. The van der Waals surface area contributed by atoms with Gasteiger partial charge in [0.05, 0.1) is 15.0 Å². The molecule has 0 unspecified atom stereocenters. The number of aryl methyl sites for hydroxylation is 1. The number of aromatic hydroxyl groups is 1. The van der Waals surface area contributed by atoms with Crippen LogP contribution in [-0.2, 0) is 27.2 Å². The monoisotopic (exact) mass is 692 g/mol. The van der Waals surface area contributed by atoms with Crippen LogP contribution in [0.1, 0.15) is 44.2 Å². The van der Waals surface area contributed by atoms with Crippen LogP contribution in [0.3, 0.4) is 0 Å². The van der Waals surface area contributed by atoms with E-state index in [0.29, 0.717) is 34.9 Å². The lowest BCUT2D eigenvalue weighted by Crippen LogP contribution is -2.57. The first-order valence-electron chi connectivity index (χ1n) is 14.0. The fraction of sp³-hybridized carbons (Fsp3) is 0.500. The van der Waals surface area contributed by atoms with Crippen LogP contribution in [0, 0.1) is 5.92 Å². The molecule has 0 saturated heterocycles. The second-order valence-corrected chi connectivity index (χ2v) is 12.7. The average Bonchev–Trinajstić information content (AvgIpc) is 3.78. The zero-order valence-electron chi connectivity index (χ0n) is 23.6. The third-order valence-electron chi connectivity index (χ3n) is 7.67. The van der Waals surface area contributed by atoms with E-state index in [2.05, 4.69) is 47.8 Å². The van der Waals surface area contributed by atoms with Gasteiger partial charge in [0.25, 0.3) is 0 Å². The van der Waals surface area contributed by atoms with E-state index in [1.807, 2.05) is 31.2 Å². The summed E-state index contributed by atoms with van der Waals surface area (Å²) in [5.74, 6) is 0.170. The SMILES string of the molecule is C[C@@H]1CN[C@@H](C2CC2)C(=O)N(C)[C@H](C)C(=O)N[C@H](Cc2cc(Br)c(O)c(Br)c2)C(=O)NCCCc2ccccc2O1. The number of para-hydroxylation sites is 1. The molecule has 2 aliphatic rings. The van der Waals surface area contributed by atoms with Crippen LogP contribution < -0.4 is 20.7 Å². The molecule has 222 valence electrons. The normalized spacial score (nSPS) is 25.3. The molecular formula is C30H38Br2N4O5. The van der Waals surface area contributed by atoms with E-state index in [0.717, 1.165) is 29.7 Å². The van der Waals surface area contributed by atoms with Crippen LogP contribution in [0.25, 0.3) is 0 Å². The molecule has 11 heteroatoms. The van der Waals surface area contributed by atoms with Gasteiger partial charge < -0.3 is 30.7 Å². The Bertz CT molecular complexity index is 1250. The molecule has 41 heavy (non-hydrogen) atoms. The highest BCUT2D eigenvalue weighted by Gasteiger charge is 2.39. The van der Waals surface area contributed by atoms with Crippen molar-refractivity contribution in [2.75, 3.05) is 20.1 Å². The van der Waals surface area contributed by atoms with E-state index in [1.54, 1.807) is 26.1 Å². The summed E-state index contributed by atoms with van der Waals surface area (Å²) in [7, 11) is 1.63. The summed E-state index contributed by atoms with van der Waals surface area (Å²) >= 11 is 6.67. The fourth-order valence-corrected chi connectivity index (χ4v) is 6.22. The second-order valence-electron chi connectivity index (χ2n) is 11.0. The molecule has 2 aromatic carbocycles. The van der Waals surface area contributed by atoms with E-state index in [4.69, 9.17) is 4.74 Å². The quantitative estimate of drug-likeness (QED) is 0.390. The topological polar surface area (TPSA) is 120 Å². The van der Waals surface area contributed by atoms with Crippen molar-refractivity contribution in [2.24, 2.45) is 5.92 Å². The van der Waals surface area contributed by atoms with Crippen molar-refractivity contribution in [3.8, 4) is 11.5 Å². The summed E-state index contributed by atoms with van der Waals surface area (Å²) in [4.78, 5) is 41.8. The van der Waals surface area contributed by atoms with Crippen molar-refractivity contribution >= 4 is 49.6 Å². The Morgan fingerprint density at radius 2 is 1.73 bits per heavy atom. The van der Waals surface area contributed by atoms with Crippen LogP contribution in [0.2, 0.25) is 0 Å². The molecule has 4 atom stereocenters. The third-order valence-corrected chi connectivity index (χ3v) is 8.87. The number of benzene rings is 2. The Morgan fingerprint density at radius 3 is 2.41 bits per heavy atom. The lowest BCUT2D eigenvalue weighted by molar-refractivity contribution is -0.141. The summed E-state index contributed by atoms with van der Waals surface area (Å²) in [6.45, 7) is 4.55. The van der Waals surface area contributed by atoms with E-state index >= 15 is 0 Å². The van der Waals surface area contributed by atoms with Gasteiger partial charge in [0.2, 0.25) is 17.7 Å². The Hall–Kier alpha value is -2.63. The molecule has 0 bridgehead atoms. The highest BCUT2D eigenvalue weighted by molar-refractivity contribution is 9.11. The molecule has 0 aromatic heterocycles. The molecule has 1 saturated carbocycles. The maximum absolute atomic E-state index is 13.6. The Balaban J connectivity index is 1.59. The molecule has 1 aliphatic carbocycles. The number of carbonyl (C=O) groups is 3. The minimum Gasteiger partial charge on any atom is -0.506 e. The van der Waals surface area contributed by atoms with E-state index < -0.39 is 24.0 Å². The van der Waals surface area contributed by atoms with Gasteiger partial charge in [-0.1, -0.05) is 18.2 Å². The van der Waals surface area contributed by atoms with Crippen molar-refractivity contribution < 1.29 is 24.2 Å². The van der Waals surface area contributed by atoms with Crippen LogP contribution in [0.5, 0.6) is 11.5 Å². The number of nitrogens with one attached hydrogen (secondary N) is 3. The maximum atomic E-state index is 13.6. The molecule has 0 spiro atoms. The number of ether oxygens (including phenoxy) is 1. The smallest absolute Gasteiger partial charge is 0.243 e. The lowest BCUT2D eigenvalue weighted by Gasteiger charge is -2.31. The first-order valence-corrected chi connectivity index (χ1v) is 15.6. The zero-order valence-corrected chi connectivity index (χ0v) is 26.8. The predicted molar refractivity (Wildman–Crippen MR) is 164 cm³/mol. The van der Waals surface area contributed by atoms with Crippen molar-refractivity contribution in [1.29, 1.82) is 0 Å². The average molecular weight is 694 g/mol. The molecule has 1 aliphatic heterocycles. The first-order chi connectivity index (χ1) is 19.5. The van der Waals surface area contributed by atoms with Gasteiger partial charge >= 0.3 is 0 Å². The Morgan fingerprint density at radius 1 is 1.05 bits per heavy atom. The van der Waals surface area contributed by atoms with Gasteiger partial charge in [-0.05, 0) is 107 Å². The Kier molecular flexibility index (Phi) is 10.7. The van der Waals surface area contributed by atoms with Crippen molar-refractivity contribution in [1.82, 2.24) is 20.9 Å². The molecule has 0 radical (unpaired) electrons. The fourth-order valence-electron chi connectivity index (χ4n) is 4.93. The zero-order chi connectivity index (χ0) is 29.7. The number of fused-ring (bicyclic) bond motifs is 1. The van der Waals surface area contributed by atoms with Gasteiger partial charge in [-0.15, -0.1) is 0 Å². The number of halogens is 2. The number of hydrogen-bond acceptors (Lipinski definition) is 6. The van der Waals surface area contributed by atoms with Gasteiger partial charge in [-0.2, -0.15) is 0 Å². The standard InChI is InChI=1S/C30H38Br2N4O5/c1-17-16-34-26(21-10-11-21)30(40)36(3)18(2)28(38)35-24(15-19-13-22(31)27(37)23(32)14-19)29(39)33-12-6-8-20-7-4-5-9-25(20)41-17/h4-5,7,9,13-14,17-18,21,24,26,34,37H,6,8,10-12,15-16H2,1-3H3,(H,33,39)(H,35,38)/t17-,18-,24-,26+/m1/s1. The number of amides is 3. The minimum absolute atomic E-state index is 0.0539.